The lowest BCUT2D eigenvalue weighted by molar-refractivity contribution is -0.138. The van der Waals surface area contributed by atoms with Crippen LogP contribution < -0.4 is 4.72 Å². The predicted octanol–water partition coefficient (Wildman–Crippen LogP) is 4.49. The molecule has 0 aliphatic carbocycles. The minimum Gasteiger partial charge on any atom is -0.207 e. The maximum Gasteiger partial charge on any atom is 0.416 e. The smallest absolute Gasteiger partial charge is 0.207 e. The molecule has 0 saturated heterocycles. The SMILES string of the molecule is O=S(=O)(NCc1ccccc1C(F)(F)F)c1ccc(Cl)c(Cl)c1. The fourth-order valence-corrected chi connectivity index (χ4v) is 3.25. The van der Waals surface area contributed by atoms with Gasteiger partial charge in [0.1, 0.15) is 0 Å². The van der Waals surface area contributed by atoms with E-state index in [-0.39, 0.29) is 20.5 Å². The fourth-order valence-electron chi connectivity index (χ4n) is 1.85. The molecule has 0 spiro atoms. The van der Waals surface area contributed by atoms with Crippen LogP contribution in [0.1, 0.15) is 11.1 Å². The zero-order valence-electron chi connectivity index (χ0n) is 11.4. The van der Waals surface area contributed by atoms with Crippen molar-refractivity contribution in [2.75, 3.05) is 0 Å². The lowest BCUT2D eigenvalue weighted by Gasteiger charge is -2.13. The van der Waals surface area contributed by atoms with E-state index in [1.807, 2.05) is 0 Å². The van der Waals surface area contributed by atoms with Gasteiger partial charge in [-0.05, 0) is 29.8 Å². The van der Waals surface area contributed by atoms with Gasteiger partial charge in [-0.3, -0.25) is 0 Å². The Labute approximate surface area is 141 Å². The molecule has 1 N–H and O–H groups in total. The second kappa shape index (κ2) is 6.68. The first kappa shape index (κ1) is 18.1. The van der Waals surface area contributed by atoms with Crippen molar-refractivity contribution in [3.05, 3.63) is 63.6 Å². The van der Waals surface area contributed by atoms with E-state index in [2.05, 4.69) is 4.72 Å². The van der Waals surface area contributed by atoms with Crippen molar-refractivity contribution in [3.8, 4) is 0 Å². The number of nitrogens with one attached hydrogen (secondary N) is 1. The van der Waals surface area contributed by atoms with Crippen LogP contribution >= 0.6 is 23.2 Å². The molecule has 0 aromatic heterocycles. The number of alkyl halides is 3. The minimum absolute atomic E-state index is 0.0326. The van der Waals surface area contributed by atoms with Gasteiger partial charge in [0.05, 0.1) is 20.5 Å². The standard InChI is InChI=1S/C14H10Cl2F3NO2S/c15-12-6-5-10(7-13(12)16)23(21,22)20-8-9-3-1-2-4-11(9)14(17,18)19/h1-7,20H,8H2. The van der Waals surface area contributed by atoms with E-state index in [1.165, 1.54) is 30.3 Å². The van der Waals surface area contributed by atoms with Crippen molar-refractivity contribution < 1.29 is 21.6 Å². The Kier molecular flexibility index (Phi) is 5.25. The van der Waals surface area contributed by atoms with Crippen LogP contribution in [-0.2, 0) is 22.7 Å². The summed E-state index contributed by atoms with van der Waals surface area (Å²) in [4.78, 5) is -0.184. The zero-order valence-corrected chi connectivity index (χ0v) is 13.7. The molecule has 0 atom stereocenters. The molecule has 0 aliphatic rings. The van der Waals surface area contributed by atoms with Gasteiger partial charge in [-0.25, -0.2) is 13.1 Å². The highest BCUT2D eigenvalue weighted by atomic mass is 35.5. The minimum atomic E-state index is -4.56. The monoisotopic (exact) mass is 383 g/mol. The van der Waals surface area contributed by atoms with Crippen molar-refractivity contribution in [2.45, 2.75) is 17.6 Å². The third kappa shape index (κ3) is 4.38. The fraction of sp³-hybridized carbons (Fsp3) is 0.143. The first-order chi connectivity index (χ1) is 10.6. The van der Waals surface area contributed by atoms with Crippen molar-refractivity contribution in [3.63, 3.8) is 0 Å². The van der Waals surface area contributed by atoms with Gasteiger partial charge in [-0.1, -0.05) is 41.4 Å². The van der Waals surface area contributed by atoms with Crippen molar-refractivity contribution in [1.29, 1.82) is 0 Å². The molecule has 0 unspecified atom stereocenters. The normalized spacial score (nSPS) is 12.4. The van der Waals surface area contributed by atoms with Gasteiger partial charge < -0.3 is 0 Å². The predicted molar refractivity (Wildman–Crippen MR) is 81.9 cm³/mol. The average Bonchev–Trinajstić information content (AvgIpc) is 2.47. The number of halogens is 5. The molecule has 0 heterocycles. The largest absolute Gasteiger partial charge is 0.416 e. The molecule has 2 aromatic rings. The maximum atomic E-state index is 12.9. The van der Waals surface area contributed by atoms with E-state index in [9.17, 15) is 21.6 Å². The highest BCUT2D eigenvalue weighted by molar-refractivity contribution is 7.89. The first-order valence-corrected chi connectivity index (χ1v) is 8.45. The number of sulfonamides is 1. The van der Waals surface area contributed by atoms with Crippen LogP contribution in [-0.4, -0.2) is 8.42 Å². The Balaban J connectivity index is 2.25. The molecule has 9 heteroatoms. The molecule has 0 aliphatic heterocycles. The van der Waals surface area contributed by atoms with Gasteiger partial charge in [0.25, 0.3) is 0 Å². The third-order valence-electron chi connectivity index (χ3n) is 2.98. The van der Waals surface area contributed by atoms with Crippen molar-refractivity contribution in [1.82, 2.24) is 4.72 Å². The molecular formula is C14H10Cl2F3NO2S. The van der Waals surface area contributed by atoms with E-state index in [0.29, 0.717) is 0 Å². The highest BCUT2D eigenvalue weighted by Gasteiger charge is 2.33. The molecular weight excluding hydrogens is 374 g/mol. The second-order valence-electron chi connectivity index (χ2n) is 4.56. The zero-order chi connectivity index (χ0) is 17.3. The maximum absolute atomic E-state index is 12.9. The van der Waals surface area contributed by atoms with Gasteiger partial charge in [0, 0.05) is 6.54 Å². The van der Waals surface area contributed by atoms with Crippen molar-refractivity contribution in [2.24, 2.45) is 0 Å². The molecule has 0 amide bonds. The molecule has 23 heavy (non-hydrogen) atoms. The number of benzene rings is 2. The van der Waals surface area contributed by atoms with Gasteiger partial charge >= 0.3 is 6.18 Å². The van der Waals surface area contributed by atoms with E-state index < -0.39 is 28.3 Å². The quantitative estimate of drug-likeness (QED) is 0.845. The lowest BCUT2D eigenvalue weighted by atomic mass is 10.1. The molecule has 0 saturated carbocycles. The Bertz CT molecular complexity index is 823. The molecule has 3 nitrogen and oxygen atoms in total. The van der Waals surface area contributed by atoms with Gasteiger partial charge in [-0.2, -0.15) is 13.2 Å². The molecule has 0 radical (unpaired) electrons. The van der Waals surface area contributed by atoms with E-state index >= 15 is 0 Å². The summed E-state index contributed by atoms with van der Waals surface area (Å²) in [7, 11) is -4.02. The summed E-state index contributed by atoms with van der Waals surface area (Å²) in [5.41, 5.74) is -1.07. The van der Waals surface area contributed by atoms with E-state index in [4.69, 9.17) is 23.2 Å². The van der Waals surface area contributed by atoms with Gasteiger partial charge in [0.2, 0.25) is 10.0 Å². The molecule has 0 fully saturated rings. The summed E-state index contributed by atoms with van der Waals surface area (Å²) < 4.78 is 65.0. The van der Waals surface area contributed by atoms with Crippen LogP contribution in [0.2, 0.25) is 10.0 Å². The molecule has 0 bridgehead atoms. The summed E-state index contributed by atoms with van der Waals surface area (Å²) in [6, 6.07) is 8.37. The van der Waals surface area contributed by atoms with Crippen LogP contribution in [0.25, 0.3) is 0 Å². The van der Waals surface area contributed by atoms with Crippen LogP contribution in [0.5, 0.6) is 0 Å². The Morgan fingerprint density at radius 3 is 2.26 bits per heavy atom. The summed E-state index contributed by atoms with van der Waals surface area (Å²) in [6.07, 6.45) is -4.56. The van der Waals surface area contributed by atoms with E-state index in [1.54, 1.807) is 0 Å². The van der Waals surface area contributed by atoms with Gasteiger partial charge in [0.15, 0.2) is 0 Å². The topological polar surface area (TPSA) is 46.2 Å². The molecule has 124 valence electrons. The third-order valence-corrected chi connectivity index (χ3v) is 5.11. The van der Waals surface area contributed by atoms with Gasteiger partial charge in [-0.15, -0.1) is 0 Å². The Morgan fingerprint density at radius 2 is 1.65 bits per heavy atom. The summed E-state index contributed by atoms with van der Waals surface area (Å²) in [5, 5.41) is 0.207. The first-order valence-electron chi connectivity index (χ1n) is 6.21. The van der Waals surface area contributed by atoms with Crippen molar-refractivity contribution >= 4 is 33.2 Å². The van der Waals surface area contributed by atoms with Crippen LogP contribution in [0.3, 0.4) is 0 Å². The van der Waals surface area contributed by atoms with Crippen LogP contribution in [0.4, 0.5) is 13.2 Å². The highest BCUT2D eigenvalue weighted by Crippen LogP contribution is 2.32. The molecule has 2 aromatic carbocycles. The second-order valence-corrected chi connectivity index (χ2v) is 7.14. The summed E-state index contributed by atoms with van der Waals surface area (Å²) >= 11 is 11.5. The summed E-state index contributed by atoms with van der Waals surface area (Å²) in [5.74, 6) is 0. The Hall–Kier alpha value is -1.28. The summed E-state index contributed by atoms with van der Waals surface area (Å²) in [6.45, 7) is -0.502. The number of hydrogen-bond donors (Lipinski definition) is 1. The number of hydrogen-bond acceptors (Lipinski definition) is 2. The van der Waals surface area contributed by atoms with Crippen LogP contribution in [0, 0.1) is 0 Å². The van der Waals surface area contributed by atoms with E-state index in [0.717, 1.165) is 12.1 Å². The molecule has 2 rings (SSSR count). The van der Waals surface area contributed by atoms with Crippen LogP contribution in [0.15, 0.2) is 47.4 Å². The lowest BCUT2D eigenvalue weighted by Crippen LogP contribution is -2.24. The number of rotatable bonds is 4. The Morgan fingerprint density at radius 1 is 1.00 bits per heavy atom. The average molecular weight is 384 g/mol.